The average Bonchev–Trinajstić information content (AvgIpc) is 3.54. The minimum atomic E-state index is -0.694. The Kier molecular flexibility index (Phi) is 7.06. The second-order valence-corrected chi connectivity index (χ2v) is 15.3. The molecular formula is C29H33N3O2S2. The van der Waals surface area contributed by atoms with Gasteiger partial charge in [0, 0.05) is 53.9 Å². The van der Waals surface area contributed by atoms with Gasteiger partial charge in [0.05, 0.1) is 0 Å². The number of ether oxygens (including phenoxy) is 1. The molecule has 2 aromatic heterocycles. The molecule has 7 heteroatoms. The van der Waals surface area contributed by atoms with Crippen LogP contribution >= 0.6 is 22.0 Å². The van der Waals surface area contributed by atoms with Crippen LogP contribution in [0.15, 0.2) is 76.0 Å². The largest absolute Gasteiger partial charge is 0.457 e. The first-order valence-electron chi connectivity index (χ1n) is 12.2. The Morgan fingerprint density at radius 3 is 2.47 bits per heavy atom. The van der Waals surface area contributed by atoms with Gasteiger partial charge >= 0.3 is 0 Å². The van der Waals surface area contributed by atoms with Crippen LogP contribution in [0.4, 0.5) is 0 Å². The minimum Gasteiger partial charge on any atom is -0.457 e. The predicted octanol–water partition coefficient (Wildman–Crippen LogP) is 7.09. The molecule has 1 saturated heterocycles. The van der Waals surface area contributed by atoms with Crippen LogP contribution in [0.1, 0.15) is 18.4 Å². The van der Waals surface area contributed by atoms with Crippen molar-refractivity contribution in [3.8, 4) is 22.6 Å². The van der Waals surface area contributed by atoms with Crippen molar-refractivity contribution in [3.63, 3.8) is 0 Å². The second kappa shape index (κ2) is 10.2. The fraction of sp³-hybridized carbons (Fsp3) is 0.276. The Bertz CT molecular complexity index is 1460. The highest BCUT2D eigenvalue weighted by Gasteiger charge is 2.18. The minimum absolute atomic E-state index is 0.0375. The molecule has 0 unspecified atom stereocenters. The third-order valence-corrected chi connectivity index (χ3v) is 8.25. The normalized spacial score (nSPS) is 15.2. The highest BCUT2D eigenvalue weighted by Crippen LogP contribution is 2.40. The van der Waals surface area contributed by atoms with E-state index >= 15 is 0 Å². The molecule has 5 nitrogen and oxygen atoms in total. The topological polar surface area (TPSA) is 50.3 Å². The van der Waals surface area contributed by atoms with Crippen LogP contribution < -0.4 is 10.3 Å². The van der Waals surface area contributed by atoms with E-state index in [4.69, 9.17) is 4.74 Å². The molecule has 2 aromatic carbocycles. The third kappa shape index (κ3) is 5.59. The van der Waals surface area contributed by atoms with E-state index in [1.54, 1.807) is 23.6 Å². The Labute approximate surface area is 218 Å². The van der Waals surface area contributed by atoms with Gasteiger partial charge in [0.25, 0.3) is 5.56 Å². The van der Waals surface area contributed by atoms with Crippen LogP contribution in [0.3, 0.4) is 0 Å². The van der Waals surface area contributed by atoms with Gasteiger partial charge in [-0.25, -0.2) is 14.3 Å². The summed E-state index contributed by atoms with van der Waals surface area (Å²) in [6.07, 6.45) is 15.2. The van der Waals surface area contributed by atoms with Gasteiger partial charge in [-0.05, 0) is 90.9 Å². The van der Waals surface area contributed by atoms with E-state index < -0.39 is 10.0 Å². The zero-order chi connectivity index (χ0) is 25.3. The van der Waals surface area contributed by atoms with E-state index in [9.17, 15) is 4.79 Å². The molecule has 0 bridgehead atoms. The Morgan fingerprint density at radius 1 is 1.00 bits per heavy atom. The summed E-state index contributed by atoms with van der Waals surface area (Å²) in [6, 6.07) is 16.5. The Morgan fingerprint density at radius 2 is 1.75 bits per heavy atom. The van der Waals surface area contributed by atoms with Crippen LogP contribution in [-0.4, -0.2) is 45.7 Å². The van der Waals surface area contributed by atoms with Crippen molar-refractivity contribution in [3.05, 3.63) is 82.2 Å². The van der Waals surface area contributed by atoms with Crippen LogP contribution in [0, 0.1) is 0 Å². The second-order valence-electron chi connectivity index (χ2n) is 10.0. The zero-order valence-corrected chi connectivity index (χ0v) is 22.9. The number of benzene rings is 2. The standard InChI is InChI=1S/C29H33N3O2S2/c1-31-20-26(24-13-15-30-28(24)29(31)33)25-19-23(35-32-16-5-6-17-32)11-12-27(25)34-22-9-7-21(8-10-22)14-18-36(2,3)4/h7-15,18-20,30H,5-6,16-17H2,1-4H3/b18-14+. The summed E-state index contributed by atoms with van der Waals surface area (Å²) in [5.74, 6) is 1.55. The van der Waals surface area contributed by atoms with Gasteiger partial charge < -0.3 is 14.3 Å². The van der Waals surface area contributed by atoms with Crippen molar-refractivity contribution < 1.29 is 4.74 Å². The molecule has 4 aromatic rings. The highest BCUT2D eigenvalue weighted by atomic mass is 32.3. The molecule has 3 heterocycles. The van der Waals surface area contributed by atoms with Crippen molar-refractivity contribution >= 4 is 39.0 Å². The number of nitrogens with zero attached hydrogens (tertiary/aromatic N) is 2. The Hall–Kier alpha value is -2.87. The summed E-state index contributed by atoms with van der Waals surface area (Å²) < 4.78 is 10.5. The fourth-order valence-electron chi connectivity index (χ4n) is 4.33. The molecule has 1 N–H and O–H groups in total. The molecule has 0 amide bonds. The van der Waals surface area contributed by atoms with E-state index in [1.807, 2.05) is 36.7 Å². The molecule has 0 aliphatic carbocycles. The fourth-order valence-corrected chi connectivity index (χ4v) is 5.94. The summed E-state index contributed by atoms with van der Waals surface area (Å²) in [7, 11) is 1.10. The maximum absolute atomic E-state index is 12.7. The highest BCUT2D eigenvalue weighted by molar-refractivity contribution is 8.34. The number of nitrogens with one attached hydrogen (secondary N) is 1. The number of aryl methyl sites for hydroxylation is 1. The summed E-state index contributed by atoms with van der Waals surface area (Å²) in [5.41, 5.74) is 3.68. The van der Waals surface area contributed by atoms with E-state index in [0.29, 0.717) is 5.52 Å². The van der Waals surface area contributed by atoms with Crippen molar-refractivity contribution in [1.82, 2.24) is 13.9 Å². The van der Waals surface area contributed by atoms with E-state index in [2.05, 4.69) is 63.8 Å². The van der Waals surface area contributed by atoms with Crippen LogP contribution in [-0.2, 0) is 7.05 Å². The van der Waals surface area contributed by atoms with E-state index in [0.717, 1.165) is 46.7 Å². The SMILES string of the molecule is Cn1cc(-c2cc(SN3CCCC3)ccc2Oc2ccc(/C=C/S(C)(C)C)cc2)c2cc[nH]c2c1=O. The monoisotopic (exact) mass is 519 g/mol. The van der Waals surface area contributed by atoms with Gasteiger partial charge in [-0.1, -0.05) is 18.2 Å². The number of aromatic amines is 1. The first-order valence-corrected chi connectivity index (χ1v) is 15.8. The molecule has 0 radical (unpaired) electrons. The smallest absolute Gasteiger partial charge is 0.274 e. The zero-order valence-electron chi connectivity index (χ0n) is 21.3. The van der Waals surface area contributed by atoms with Gasteiger partial charge in [0.1, 0.15) is 17.0 Å². The van der Waals surface area contributed by atoms with Crippen molar-refractivity contribution in [2.45, 2.75) is 17.7 Å². The number of aromatic nitrogens is 2. The number of fused-ring (bicyclic) bond motifs is 1. The number of rotatable bonds is 7. The summed E-state index contributed by atoms with van der Waals surface area (Å²) in [5, 5.41) is 3.19. The summed E-state index contributed by atoms with van der Waals surface area (Å²) in [4.78, 5) is 17.0. The lowest BCUT2D eigenvalue weighted by molar-refractivity contribution is 0.484. The number of hydrogen-bond acceptors (Lipinski definition) is 4. The van der Waals surface area contributed by atoms with E-state index in [-0.39, 0.29) is 5.56 Å². The van der Waals surface area contributed by atoms with Crippen LogP contribution in [0.2, 0.25) is 0 Å². The lowest BCUT2D eigenvalue weighted by Crippen LogP contribution is -2.16. The van der Waals surface area contributed by atoms with E-state index in [1.165, 1.54) is 17.7 Å². The average molecular weight is 520 g/mol. The first kappa shape index (κ1) is 24.8. The third-order valence-electron chi connectivity index (χ3n) is 6.21. The molecule has 1 fully saturated rings. The van der Waals surface area contributed by atoms with Gasteiger partial charge in [0.15, 0.2) is 0 Å². The molecule has 0 atom stereocenters. The van der Waals surface area contributed by atoms with Gasteiger partial charge in [0.2, 0.25) is 0 Å². The quantitative estimate of drug-likeness (QED) is 0.265. The Balaban J connectivity index is 1.53. The lowest BCUT2D eigenvalue weighted by Gasteiger charge is -2.19. The molecule has 0 saturated carbocycles. The lowest BCUT2D eigenvalue weighted by atomic mass is 10.0. The molecule has 0 spiro atoms. The first-order chi connectivity index (χ1) is 17.3. The molecule has 1 aliphatic rings. The van der Waals surface area contributed by atoms with Crippen LogP contribution in [0.25, 0.3) is 28.1 Å². The maximum Gasteiger partial charge on any atom is 0.274 e. The molecular weight excluding hydrogens is 486 g/mol. The van der Waals surface area contributed by atoms with Crippen LogP contribution in [0.5, 0.6) is 11.5 Å². The summed E-state index contributed by atoms with van der Waals surface area (Å²) in [6.45, 7) is 2.22. The number of H-pyrrole nitrogens is 1. The van der Waals surface area contributed by atoms with Crippen molar-refractivity contribution in [2.24, 2.45) is 7.05 Å². The molecule has 36 heavy (non-hydrogen) atoms. The molecule has 5 rings (SSSR count). The van der Waals surface area contributed by atoms with Gasteiger partial charge in [-0.3, -0.25) is 4.79 Å². The number of pyridine rings is 1. The molecule has 1 aliphatic heterocycles. The predicted molar refractivity (Wildman–Crippen MR) is 157 cm³/mol. The number of hydrogen-bond donors (Lipinski definition) is 1. The molecule has 188 valence electrons. The van der Waals surface area contributed by atoms with Crippen molar-refractivity contribution in [1.29, 1.82) is 0 Å². The van der Waals surface area contributed by atoms with Crippen molar-refractivity contribution in [2.75, 3.05) is 31.9 Å². The van der Waals surface area contributed by atoms with Gasteiger partial charge in [-0.2, -0.15) is 0 Å². The van der Waals surface area contributed by atoms with Gasteiger partial charge in [-0.15, -0.1) is 0 Å². The summed E-state index contributed by atoms with van der Waals surface area (Å²) >= 11 is 1.79. The maximum atomic E-state index is 12.7.